The Kier molecular flexibility index (Phi) is 5.96. The molecule has 31 heavy (non-hydrogen) atoms. The second-order valence-electron chi connectivity index (χ2n) is 6.52. The van der Waals surface area contributed by atoms with Crippen LogP contribution in [0.1, 0.15) is 15.9 Å². The average molecular weight is 406 g/mol. The van der Waals surface area contributed by atoms with Gasteiger partial charge in [-0.15, -0.1) is 6.42 Å². The van der Waals surface area contributed by atoms with E-state index in [2.05, 4.69) is 26.4 Å². The van der Waals surface area contributed by atoms with Gasteiger partial charge in [-0.2, -0.15) is 5.10 Å². The fourth-order valence-corrected chi connectivity index (χ4v) is 3.07. The van der Waals surface area contributed by atoms with Crippen LogP contribution in [-0.2, 0) is 0 Å². The number of para-hydroxylation sites is 2. The number of hydrogen-bond donors (Lipinski definition) is 1. The van der Waals surface area contributed by atoms with Gasteiger partial charge in [0.05, 0.1) is 28.7 Å². The van der Waals surface area contributed by atoms with Crippen molar-refractivity contribution in [3.63, 3.8) is 0 Å². The molecule has 0 saturated carbocycles. The second-order valence-corrected chi connectivity index (χ2v) is 6.52. The lowest BCUT2D eigenvalue weighted by Gasteiger charge is -2.09. The van der Waals surface area contributed by atoms with E-state index < -0.39 is 0 Å². The molecule has 0 radical (unpaired) electrons. The van der Waals surface area contributed by atoms with Crippen LogP contribution in [0.3, 0.4) is 0 Å². The van der Waals surface area contributed by atoms with Crippen molar-refractivity contribution < 1.29 is 9.53 Å². The summed E-state index contributed by atoms with van der Waals surface area (Å²) < 4.78 is 5.50. The molecular formula is C25H18N4O2. The van der Waals surface area contributed by atoms with E-state index in [-0.39, 0.29) is 12.5 Å². The largest absolute Gasteiger partial charge is 0.480 e. The summed E-state index contributed by atoms with van der Waals surface area (Å²) in [4.78, 5) is 21.9. The number of nitrogens with one attached hydrogen (secondary N) is 1. The van der Waals surface area contributed by atoms with Crippen LogP contribution in [-0.4, -0.2) is 28.7 Å². The number of ether oxygens (including phenoxy) is 1. The van der Waals surface area contributed by atoms with E-state index in [0.29, 0.717) is 33.8 Å². The fourth-order valence-electron chi connectivity index (χ4n) is 3.07. The maximum absolute atomic E-state index is 13.0. The number of terminal acetylenes is 1. The van der Waals surface area contributed by atoms with Gasteiger partial charge < -0.3 is 4.74 Å². The number of carbonyl (C=O) groups is 1. The highest BCUT2D eigenvalue weighted by atomic mass is 16.5. The van der Waals surface area contributed by atoms with Gasteiger partial charge in [0, 0.05) is 17.1 Å². The molecule has 0 aliphatic heterocycles. The van der Waals surface area contributed by atoms with Gasteiger partial charge in [-0.1, -0.05) is 42.3 Å². The molecule has 0 aliphatic carbocycles. The zero-order valence-corrected chi connectivity index (χ0v) is 16.5. The van der Waals surface area contributed by atoms with Gasteiger partial charge in [0.2, 0.25) is 0 Å². The quantitative estimate of drug-likeness (QED) is 0.297. The van der Waals surface area contributed by atoms with E-state index >= 15 is 0 Å². The van der Waals surface area contributed by atoms with E-state index in [4.69, 9.17) is 11.2 Å². The number of nitrogens with zero attached hydrogens (tertiary/aromatic N) is 3. The first kappa shape index (κ1) is 19.8. The number of carbonyl (C=O) groups excluding carboxylic acids is 1. The Balaban J connectivity index is 1.63. The van der Waals surface area contributed by atoms with Gasteiger partial charge in [-0.25, -0.2) is 10.4 Å². The molecule has 0 fully saturated rings. The Morgan fingerprint density at radius 2 is 1.87 bits per heavy atom. The number of hydrazone groups is 1. The molecule has 0 atom stereocenters. The van der Waals surface area contributed by atoms with Gasteiger partial charge >= 0.3 is 0 Å². The number of hydrogen-bond acceptors (Lipinski definition) is 5. The molecule has 6 heteroatoms. The molecule has 4 rings (SSSR count). The van der Waals surface area contributed by atoms with Crippen molar-refractivity contribution >= 4 is 23.0 Å². The Morgan fingerprint density at radius 3 is 2.71 bits per heavy atom. The molecule has 1 amide bonds. The van der Waals surface area contributed by atoms with Crippen molar-refractivity contribution in [3.05, 3.63) is 90.1 Å². The highest BCUT2D eigenvalue weighted by Gasteiger charge is 2.14. The van der Waals surface area contributed by atoms with Crippen LogP contribution >= 0.6 is 0 Å². The zero-order chi connectivity index (χ0) is 21.5. The van der Waals surface area contributed by atoms with Crippen molar-refractivity contribution in [2.75, 3.05) is 6.61 Å². The minimum atomic E-state index is -0.353. The van der Waals surface area contributed by atoms with Crippen molar-refractivity contribution in [2.45, 2.75) is 0 Å². The topological polar surface area (TPSA) is 76.5 Å². The van der Waals surface area contributed by atoms with Crippen LogP contribution in [0.25, 0.3) is 22.3 Å². The Labute approximate surface area is 179 Å². The SMILES string of the molecule is C#CCOc1ccccc1/C=N\NC(=O)c1cc(-c2ccccn2)nc2ccccc12. The number of fused-ring (bicyclic) bond motifs is 1. The first-order valence-corrected chi connectivity index (χ1v) is 9.56. The molecule has 0 aliphatic rings. The minimum Gasteiger partial charge on any atom is -0.480 e. The van der Waals surface area contributed by atoms with Gasteiger partial charge in [0.1, 0.15) is 12.4 Å². The van der Waals surface area contributed by atoms with Crippen LogP contribution in [0.15, 0.2) is 84.1 Å². The molecule has 4 aromatic rings. The molecule has 0 spiro atoms. The van der Waals surface area contributed by atoms with E-state index in [0.717, 1.165) is 5.39 Å². The van der Waals surface area contributed by atoms with Crippen LogP contribution in [0.2, 0.25) is 0 Å². The summed E-state index contributed by atoms with van der Waals surface area (Å²) in [6, 6.07) is 22.0. The summed E-state index contributed by atoms with van der Waals surface area (Å²) in [5.41, 5.74) is 5.75. The van der Waals surface area contributed by atoms with Crippen molar-refractivity contribution in [3.8, 4) is 29.5 Å². The molecule has 6 nitrogen and oxygen atoms in total. The molecule has 1 N–H and O–H groups in total. The molecule has 0 saturated heterocycles. The standard InChI is InChI=1S/C25H18N4O2/c1-2-15-31-24-13-6-3-9-18(24)17-27-29-25(30)20-16-23(22-12-7-8-14-26-22)28-21-11-5-4-10-19(20)21/h1,3-14,16-17H,15H2,(H,29,30)/b27-17-. The highest BCUT2D eigenvalue weighted by molar-refractivity contribution is 6.07. The summed E-state index contributed by atoms with van der Waals surface area (Å²) in [5, 5.41) is 4.83. The molecule has 150 valence electrons. The summed E-state index contributed by atoms with van der Waals surface area (Å²) in [7, 11) is 0. The normalized spacial score (nSPS) is 10.7. The monoisotopic (exact) mass is 406 g/mol. The van der Waals surface area contributed by atoms with Gasteiger partial charge in [0.25, 0.3) is 5.91 Å². The van der Waals surface area contributed by atoms with Gasteiger partial charge in [-0.3, -0.25) is 9.78 Å². The predicted octanol–water partition coefficient (Wildman–Crippen LogP) is 4.07. The molecular weight excluding hydrogens is 388 g/mol. The zero-order valence-electron chi connectivity index (χ0n) is 16.5. The number of aromatic nitrogens is 2. The lowest BCUT2D eigenvalue weighted by Crippen LogP contribution is -2.18. The number of amides is 1. The third-order valence-electron chi connectivity index (χ3n) is 4.49. The summed E-state index contributed by atoms with van der Waals surface area (Å²) in [6.07, 6.45) is 8.47. The lowest BCUT2D eigenvalue weighted by atomic mass is 10.1. The Bertz CT molecular complexity index is 1290. The Morgan fingerprint density at radius 1 is 1.06 bits per heavy atom. The van der Waals surface area contributed by atoms with E-state index in [1.807, 2.05) is 60.7 Å². The van der Waals surface area contributed by atoms with Gasteiger partial charge in [-0.05, 0) is 36.4 Å². The van der Waals surface area contributed by atoms with Crippen LogP contribution in [0, 0.1) is 12.3 Å². The number of rotatable bonds is 6. The molecule has 0 unspecified atom stereocenters. The third kappa shape index (κ3) is 4.57. The number of benzene rings is 2. The fraction of sp³-hybridized carbons (Fsp3) is 0.0400. The highest BCUT2D eigenvalue weighted by Crippen LogP contribution is 2.23. The molecule has 2 heterocycles. The molecule has 2 aromatic heterocycles. The van der Waals surface area contributed by atoms with Crippen LogP contribution in [0.4, 0.5) is 0 Å². The predicted molar refractivity (Wildman–Crippen MR) is 121 cm³/mol. The maximum atomic E-state index is 13.0. The Hall–Kier alpha value is -4.50. The van der Waals surface area contributed by atoms with Crippen molar-refractivity contribution in [1.29, 1.82) is 0 Å². The number of pyridine rings is 2. The molecule has 2 aromatic carbocycles. The minimum absolute atomic E-state index is 0.149. The van der Waals surface area contributed by atoms with Crippen LogP contribution in [0.5, 0.6) is 5.75 Å². The first-order chi connectivity index (χ1) is 15.3. The van der Waals surface area contributed by atoms with E-state index in [1.54, 1.807) is 18.3 Å². The van der Waals surface area contributed by atoms with Gasteiger partial charge in [0.15, 0.2) is 0 Å². The van der Waals surface area contributed by atoms with Crippen molar-refractivity contribution in [1.82, 2.24) is 15.4 Å². The molecule has 0 bridgehead atoms. The first-order valence-electron chi connectivity index (χ1n) is 9.56. The summed E-state index contributed by atoms with van der Waals surface area (Å²) in [5.74, 6) is 2.66. The van der Waals surface area contributed by atoms with Crippen LogP contribution < -0.4 is 10.2 Å². The summed E-state index contributed by atoms with van der Waals surface area (Å²) in [6.45, 7) is 0.149. The maximum Gasteiger partial charge on any atom is 0.272 e. The van der Waals surface area contributed by atoms with E-state index in [1.165, 1.54) is 6.21 Å². The van der Waals surface area contributed by atoms with Crippen molar-refractivity contribution in [2.24, 2.45) is 5.10 Å². The second kappa shape index (κ2) is 9.33. The summed E-state index contributed by atoms with van der Waals surface area (Å²) >= 11 is 0. The third-order valence-corrected chi connectivity index (χ3v) is 4.49. The lowest BCUT2D eigenvalue weighted by molar-refractivity contribution is 0.0956. The van der Waals surface area contributed by atoms with E-state index in [9.17, 15) is 4.79 Å². The smallest absolute Gasteiger partial charge is 0.272 e. The average Bonchev–Trinajstić information content (AvgIpc) is 2.83.